The lowest BCUT2D eigenvalue weighted by atomic mass is 10.0. The van der Waals surface area contributed by atoms with Crippen LogP contribution in [0.4, 0.5) is 11.6 Å². The highest BCUT2D eigenvalue weighted by Crippen LogP contribution is 2.35. The van der Waals surface area contributed by atoms with Gasteiger partial charge in [0.2, 0.25) is 0 Å². The van der Waals surface area contributed by atoms with Crippen LogP contribution < -0.4 is 11.0 Å². The summed E-state index contributed by atoms with van der Waals surface area (Å²) in [4.78, 5) is 32.2. The van der Waals surface area contributed by atoms with Crippen LogP contribution in [0.25, 0.3) is 16.8 Å². The van der Waals surface area contributed by atoms with Gasteiger partial charge in [0.1, 0.15) is 22.6 Å². The summed E-state index contributed by atoms with van der Waals surface area (Å²) >= 11 is 0. The number of aromatic amines is 2. The predicted molar refractivity (Wildman–Crippen MR) is 160 cm³/mol. The van der Waals surface area contributed by atoms with Gasteiger partial charge in [0.15, 0.2) is 11.7 Å². The zero-order valence-corrected chi connectivity index (χ0v) is 21.9. The van der Waals surface area contributed by atoms with E-state index in [-0.39, 0.29) is 0 Å². The van der Waals surface area contributed by atoms with E-state index in [4.69, 9.17) is 25.0 Å². The van der Waals surface area contributed by atoms with Gasteiger partial charge in [0.05, 0.1) is 6.54 Å². The second-order valence-electron chi connectivity index (χ2n) is 10.2. The normalized spacial score (nSPS) is 15.6. The third-order valence-electron chi connectivity index (χ3n) is 7.77. The third-order valence-corrected chi connectivity index (χ3v) is 7.77. The van der Waals surface area contributed by atoms with Crippen LogP contribution in [-0.2, 0) is 13.0 Å². The lowest BCUT2D eigenvalue weighted by Gasteiger charge is -2.07. The van der Waals surface area contributed by atoms with Crippen LogP contribution in [-0.4, -0.2) is 27.4 Å². The van der Waals surface area contributed by atoms with Crippen molar-refractivity contribution in [1.29, 1.82) is 0 Å². The first-order chi connectivity index (χ1) is 19.7. The smallest absolute Gasteiger partial charge is 0.164 e. The Labute approximate surface area is 230 Å². The van der Waals surface area contributed by atoms with Crippen molar-refractivity contribution in [3.05, 3.63) is 123 Å². The summed E-state index contributed by atoms with van der Waals surface area (Å²) in [7, 11) is 0. The van der Waals surface area contributed by atoms with Gasteiger partial charge < -0.3 is 9.97 Å². The molecule has 40 heavy (non-hydrogen) atoms. The lowest BCUT2D eigenvalue weighted by molar-refractivity contribution is 0.914. The number of hydrogen-bond acceptors (Lipinski definition) is 5. The van der Waals surface area contributed by atoms with Crippen molar-refractivity contribution in [2.75, 3.05) is 0 Å². The highest BCUT2D eigenvalue weighted by atomic mass is 15.1. The molecule has 6 bridgehead atoms. The Morgan fingerprint density at radius 1 is 0.650 bits per heavy atom. The first kappa shape index (κ1) is 22.8. The van der Waals surface area contributed by atoms with Gasteiger partial charge >= 0.3 is 0 Å². The molecule has 0 saturated heterocycles. The molecule has 0 fully saturated rings. The molecular formula is C33H25N7. The average molecular weight is 520 g/mol. The summed E-state index contributed by atoms with van der Waals surface area (Å²) in [5, 5.41) is 2.01. The van der Waals surface area contributed by atoms with E-state index in [2.05, 4.69) is 77.6 Å². The Morgan fingerprint density at radius 2 is 1.32 bits per heavy atom. The highest BCUT2D eigenvalue weighted by Gasteiger charge is 2.23. The third kappa shape index (κ3) is 3.62. The Morgan fingerprint density at radius 3 is 2.12 bits per heavy atom. The highest BCUT2D eigenvalue weighted by molar-refractivity contribution is 6.23. The van der Waals surface area contributed by atoms with Gasteiger partial charge in [-0.1, -0.05) is 84.9 Å². The summed E-state index contributed by atoms with van der Waals surface area (Å²) in [6.45, 7) is 2.59. The second-order valence-corrected chi connectivity index (χ2v) is 10.2. The maximum atomic E-state index is 5.08. The molecule has 0 radical (unpaired) electrons. The van der Waals surface area contributed by atoms with Gasteiger partial charge in [0.25, 0.3) is 0 Å². The zero-order valence-electron chi connectivity index (χ0n) is 21.9. The predicted octanol–water partition coefficient (Wildman–Crippen LogP) is 5.89. The van der Waals surface area contributed by atoms with Crippen molar-refractivity contribution < 1.29 is 0 Å². The van der Waals surface area contributed by atoms with Gasteiger partial charge in [-0.2, -0.15) is 0 Å². The first-order valence-electron chi connectivity index (χ1n) is 13.5. The van der Waals surface area contributed by atoms with E-state index in [9.17, 15) is 0 Å². The molecule has 2 N–H and O–H groups in total. The van der Waals surface area contributed by atoms with Gasteiger partial charge in [-0.05, 0) is 25.3 Å². The maximum absolute atomic E-state index is 5.08. The van der Waals surface area contributed by atoms with Gasteiger partial charge in [-0.25, -0.2) is 20.0 Å². The molecular weight excluding hydrogens is 494 g/mol. The number of hydrogen-bond donors (Lipinski definition) is 2. The van der Waals surface area contributed by atoms with E-state index in [0.29, 0.717) is 18.2 Å². The molecule has 0 amide bonds. The van der Waals surface area contributed by atoms with E-state index in [1.165, 1.54) is 5.56 Å². The lowest BCUT2D eigenvalue weighted by Crippen LogP contribution is -2.15. The van der Waals surface area contributed by atoms with Gasteiger partial charge in [-0.3, -0.25) is 4.99 Å². The van der Waals surface area contributed by atoms with Crippen LogP contribution in [0.5, 0.6) is 0 Å². The standard InChI is InChI=1S/C33H25N7/c1-19-21-11-3-2-10-20(21)18-34-28-22-12-4-5-13-23(22)30(36-28)38-32-26-16-8-9-17-27(26)33(40-32)39-31-25-15-7-6-14-24(25)29(35-19)37-31/h2-3,5-11,13-17,37H,4,12,18H2,1H3,(H,34,36,38,39,40). The summed E-state index contributed by atoms with van der Waals surface area (Å²) in [5.74, 6) is 2.78. The van der Waals surface area contributed by atoms with Crippen LogP contribution in [0.3, 0.4) is 0 Å². The summed E-state index contributed by atoms with van der Waals surface area (Å²) in [6, 6.07) is 24.7. The molecule has 3 aromatic carbocycles. The summed E-state index contributed by atoms with van der Waals surface area (Å²) in [5.41, 5.74) is 8.98. The minimum Gasteiger partial charge on any atom is -0.324 e. The minimum atomic E-state index is 0.535. The average Bonchev–Trinajstić information content (AvgIpc) is 3.64. The molecule has 8 rings (SSSR count). The number of H-pyrrole nitrogens is 2. The largest absolute Gasteiger partial charge is 0.324 e. The van der Waals surface area contributed by atoms with Crippen LogP contribution in [0.15, 0.2) is 104 Å². The number of nitrogens with one attached hydrogen (secondary N) is 2. The van der Waals surface area contributed by atoms with Crippen molar-refractivity contribution in [2.45, 2.75) is 26.3 Å². The molecule has 1 aliphatic carbocycles. The topological polar surface area (TPSA) is 93.4 Å². The van der Waals surface area contributed by atoms with E-state index in [1.54, 1.807) is 0 Å². The fourth-order valence-corrected chi connectivity index (χ4v) is 5.81. The van der Waals surface area contributed by atoms with Crippen LogP contribution in [0, 0.1) is 0 Å². The molecule has 7 nitrogen and oxygen atoms in total. The molecule has 0 unspecified atom stereocenters. The van der Waals surface area contributed by atoms with E-state index in [1.807, 2.05) is 24.3 Å². The number of amidine groups is 2. The SMILES string of the molecule is CC1=Nc2[nH]c(c3ccccc23)N=C2N=C(N=c3[nH]c(c4c3C=CCC4)=NCc3ccccc31)c1ccccc12. The molecule has 0 spiro atoms. The van der Waals surface area contributed by atoms with Crippen molar-refractivity contribution in [3.63, 3.8) is 0 Å². The van der Waals surface area contributed by atoms with Crippen molar-refractivity contribution in [3.8, 4) is 0 Å². The van der Waals surface area contributed by atoms with Crippen LogP contribution in [0.2, 0.25) is 0 Å². The van der Waals surface area contributed by atoms with Crippen LogP contribution >= 0.6 is 0 Å². The Bertz CT molecular complexity index is 2100. The molecule has 2 aromatic heterocycles. The molecule has 3 aliphatic rings. The van der Waals surface area contributed by atoms with Crippen molar-refractivity contribution >= 4 is 45.9 Å². The Balaban J connectivity index is 1.45. The molecule has 7 heteroatoms. The quantitative estimate of drug-likeness (QED) is 0.255. The monoisotopic (exact) mass is 519 g/mol. The van der Waals surface area contributed by atoms with Crippen molar-refractivity contribution in [1.82, 2.24) is 9.97 Å². The maximum Gasteiger partial charge on any atom is 0.164 e. The Kier molecular flexibility index (Phi) is 5.10. The van der Waals surface area contributed by atoms with Gasteiger partial charge in [-0.15, -0.1) is 0 Å². The summed E-state index contributed by atoms with van der Waals surface area (Å²) in [6.07, 6.45) is 6.26. The van der Waals surface area contributed by atoms with E-state index >= 15 is 0 Å². The molecule has 0 atom stereocenters. The number of aliphatic imine (C=N–C) groups is 3. The number of nitrogens with zero attached hydrogens (tertiary/aromatic N) is 5. The molecule has 0 saturated carbocycles. The van der Waals surface area contributed by atoms with Crippen molar-refractivity contribution in [2.24, 2.45) is 25.0 Å². The number of aromatic nitrogens is 2. The molecule has 192 valence electrons. The second kappa shape index (κ2) is 8.95. The number of rotatable bonds is 0. The number of allylic oxidation sites excluding steroid dienone is 1. The minimum absolute atomic E-state index is 0.535. The zero-order chi connectivity index (χ0) is 26.6. The molecule has 2 aliphatic heterocycles. The fourth-order valence-electron chi connectivity index (χ4n) is 5.81. The Hall–Kier alpha value is -5.17. The number of fused-ring (bicyclic) bond motifs is 15. The fraction of sp³-hybridized carbons (Fsp3) is 0.121. The first-order valence-corrected chi connectivity index (χ1v) is 13.5. The van der Waals surface area contributed by atoms with Gasteiger partial charge in [0, 0.05) is 44.3 Å². The number of benzene rings is 3. The van der Waals surface area contributed by atoms with Crippen LogP contribution in [0.1, 0.15) is 46.7 Å². The summed E-state index contributed by atoms with van der Waals surface area (Å²) < 4.78 is 0. The molecule has 5 aromatic rings. The molecule has 4 heterocycles. The van der Waals surface area contributed by atoms with E-state index < -0.39 is 0 Å². The van der Waals surface area contributed by atoms with E-state index in [0.717, 1.165) is 79.8 Å².